The van der Waals surface area contributed by atoms with Crippen LogP contribution >= 0.6 is 11.8 Å². The van der Waals surface area contributed by atoms with Crippen LogP contribution in [0.25, 0.3) is 0 Å². The van der Waals surface area contributed by atoms with Crippen molar-refractivity contribution in [2.75, 3.05) is 17.6 Å². The fourth-order valence-electron chi connectivity index (χ4n) is 1.26. The van der Waals surface area contributed by atoms with Crippen molar-refractivity contribution in [3.05, 3.63) is 12.4 Å². The molecule has 0 aliphatic carbocycles. The van der Waals surface area contributed by atoms with E-state index in [9.17, 15) is 0 Å². The lowest BCUT2D eigenvalue weighted by atomic mass is 10.5. The number of aromatic nitrogens is 2. The Hall–Kier alpha value is -0.970. The van der Waals surface area contributed by atoms with Crippen LogP contribution in [0.2, 0.25) is 0 Å². The molecule has 2 heterocycles. The molecular weight excluding hydrogens is 196 g/mol. The topological polar surface area (TPSA) is 42.2 Å². The van der Waals surface area contributed by atoms with E-state index < -0.39 is 0 Å². The smallest absolute Gasteiger partial charge is 0.161 e. The minimum Gasteiger partial charge on any atom is -0.332 e. The molecular formula is C9H14N4S. The van der Waals surface area contributed by atoms with E-state index in [4.69, 9.17) is 0 Å². The lowest BCUT2D eigenvalue weighted by Crippen LogP contribution is -2.12. The highest BCUT2D eigenvalue weighted by Gasteiger charge is 2.06. The van der Waals surface area contributed by atoms with Crippen molar-refractivity contribution < 1.29 is 0 Å². The molecule has 5 heteroatoms. The Morgan fingerprint density at radius 1 is 1.64 bits per heavy atom. The van der Waals surface area contributed by atoms with Crippen molar-refractivity contribution >= 4 is 22.6 Å². The van der Waals surface area contributed by atoms with Gasteiger partial charge in [0.2, 0.25) is 0 Å². The van der Waals surface area contributed by atoms with Gasteiger partial charge >= 0.3 is 0 Å². The SMILES string of the molecule is CCn1cc(NC2=NCCCS2)cn1. The van der Waals surface area contributed by atoms with Crippen molar-refractivity contribution in [2.45, 2.75) is 19.9 Å². The van der Waals surface area contributed by atoms with Gasteiger partial charge in [-0.05, 0) is 13.3 Å². The van der Waals surface area contributed by atoms with E-state index >= 15 is 0 Å². The highest BCUT2D eigenvalue weighted by atomic mass is 32.2. The number of hydrogen-bond donors (Lipinski definition) is 1. The van der Waals surface area contributed by atoms with E-state index in [0.29, 0.717) is 0 Å². The molecule has 0 unspecified atom stereocenters. The first-order valence-electron chi connectivity index (χ1n) is 4.85. The molecule has 0 amide bonds. The number of amidine groups is 1. The number of hydrogen-bond acceptors (Lipinski definition) is 4. The predicted octanol–water partition coefficient (Wildman–Crippen LogP) is 1.81. The summed E-state index contributed by atoms with van der Waals surface area (Å²) in [6, 6.07) is 0. The maximum atomic E-state index is 4.39. The van der Waals surface area contributed by atoms with Crippen molar-refractivity contribution in [3.63, 3.8) is 0 Å². The Morgan fingerprint density at radius 2 is 2.57 bits per heavy atom. The van der Waals surface area contributed by atoms with Crippen LogP contribution in [0.4, 0.5) is 5.69 Å². The van der Waals surface area contributed by atoms with Crippen LogP contribution < -0.4 is 5.32 Å². The Morgan fingerprint density at radius 3 is 3.21 bits per heavy atom. The Labute approximate surface area is 87.8 Å². The van der Waals surface area contributed by atoms with Crippen molar-refractivity contribution in [3.8, 4) is 0 Å². The van der Waals surface area contributed by atoms with Crippen LogP contribution in [-0.2, 0) is 6.54 Å². The van der Waals surface area contributed by atoms with Gasteiger partial charge in [0.25, 0.3) is 0 Å². The third kappa shape index (κ3) is 2.29. The summed E-state index contributed by atoms with van der Waals surface area (Å²) in [6.45, 7) is 3.92. The number of nitrogens with zero attached hydrogens (tertiary/aromatic N) is 3. The van der Waals surface area contributed by atoms with Gasteiger partial charge in [0.15, 0.2) is 5.17 Å². The Balaban J connectivity index is 1.99. The van der Waals surface area contributed by atoms with E-state index in [1.165, 1.54) is 6.42 Å². The number of thioether (sulfide) groups is 1. The van der Waals surface area contributed by atoms with Crippen LogP contribution in [-0.4, -0.2) is 27.2 Å². The zero-order valence-corrected chi connectivity index (χ0v) is 9.05. The fourth-order valence-corrected chi connectivity index (χ4v) is 2.10. The zero-order chi connectivity index (χ0) is 9.80. The summed E-state index contributed by atoms with van der Waals surface area (Å²) in [5, 5.41) is 8.48. The second-order valence-electron chi connectivity index (χ2n) is 3.10. The Kier molecular flexibility index (Phi) is 3.08. The average Bonchev–Trinajstić information content (AvgIpc) is 2.67. The number of aryl methyl sites for hydroxylation is 1. The standard InChI is InChI=1S/C9H14N4S/c1-2-13-7-8(6-11-13)12-9-10-4-3-5-14-9/h6-7H,2-5H2,1H3,(H,10,12). The molecule has 0 saturated heterocycles. The van der Waals surface area contributed by atoms with Crippen LogP contribution in [0.5, 0.6) is 0 Å². The van der Waals surface area contributed by atoms with Gasteiger partial charge < -0.3 is 5.32 Å². The van der Waals surface area contributed by atoms with E-state index in [1.807, 2.05) is 17.1 Å². The molecule has 1 aromatic heterocycles. The zero-order valence-electron chi connectivity index (χ0n) is 8.23. The lowest BCUT2D eigenvalue weighted by molar-refractivity contribution is 0.660. The average molecular weight is 210 g/mol. The van der Waals surface area contributed by atoms with E-state index in [0.717, 1.165) is 29.7 Å². The van der Waals surface area contributed by atoms with Crippen LogP contribution in [0, 0.1) is 0 Å². The highest BCUT2D eigenvalue weighted by Crippen LogP contribution is 2.15. The summed E-state index contributed by atoms with van der Waals surface area (Å²) in [5.41, 5.74) is 1.03. The molecule has 1 aromatic rings. The summed E-state index contributed by atoms with van der Waals surface area (Å²) in [5.74, 6) is 1.16. The summed E-state index contributed by atoms with van der Waals surface area (Å²) in [6.07, 6.45) is 5.02. The van der Waals surface area contributed by atoms with Gasteiger partial charge in [-0.15, -0.1) is 0 Å². The third-order valence-corrected chi connectivity index (χ3v) is 3.00. The monoisotopic (exact) mass is 210 g/mol. The van der Waals surface area contributed by atoms with Crippen molar-refractivity contribution in [1.29, 1.82) is 0 Å². The normalized spacial score (nSPS) is 16.5. The lowest BCUT2D eigenvalue weighted by Gasteiger charge is -2.11. The minimum absolute atomic E-state index is 0.904. The van der Waals surface area contributed by atoms with Gasteiger partial charge in [0.1, 0.15) is 0 Å². The summed E-state index contributed by atoms with van der Waals surface area (Å²) >= 11 is 1.78. The van der Waals surface area contributed by atoms with Gasteiger partial charge in [-0.2, -0.15) is 5.10 Å². The molecule has 14 heavy (non-hydrogen) atoms. The van der Waals surface area contributed by atoms with E-state index in [-0.39, 0.29) is 0 Å². The minimum atomic E-state index is 0.904. The van der Waals surface area contributed by atoms with Gasteiger partial charge in [-0.3, -0.25) is 9.67 Å². The first-order chi connectivity index (χ1) is 6.88. The molecule has 0 atom stereocenters. The molecule has 0 fully saturated rings. The van der Waals surface area contributed by atoms with Gasteiger partial charge in [0.05, 0.1) is 11.9 Å². The largest absolute Gasteiger partial charge is 0.332 e. The van der Waals surface area contributed by atoms with Crippen LogP contribution in [0.3, 0.4) is 0 Å². The molecule has 1 aliphatic heterocycles. The maximum Gasteiger partial charge on any atom is 0.161 e. The molecule has 0 spiro atoms. The summed E-state index contributed by atoms with van der Waals surface area (Å²) in [4.78, 5) is 4.39. The molecule has 0 radical (unpaired) electrons. The van der Waals surface area contributed by atoms with Gasteiger partial charge in [0, 0.05) is 25.0 Å². The molecule has 76 valence electrons. The van der Waals surface area contributed by atoms with E-state index in [1.54, 1.807) is 11.8 Å². The number of anilines is 1. The van der Waals surface area contributed by atoms with Crippen molar-refractivity contribution in [1.82, 2.24) is 9.78 Å². The van der Waals surface area contributed by atoms with Crippen LogP contribution in [0.1, 0.15) is 13.3 Å². The highest BCUT2D eigenvalue weighted by molar-refractivity contribution is 8.14. The van der Waals surface area contributed by atoms with Gasteiger partial charge in [-0.1, -0.05) is 11.8 Å². The van der Waals surface area contributed by atoms with Crippen LogP contribution in [0.15, 0.2) is 17.4 Å². The molecule has 0 saturated carbocycles. The number of nitrogens with one attached hydrogen (secondary N) is 1. The molecule has 1 N–H and O–H groups in total. The first kappa shape index (κ1) is 9.58. The Bertz CT molecular complexity index is 331. The third-order valence-electron chi connectivity index (χ3n) is 2.01. The molecule has 0 aromatic carbocycles. The second-order valence-corrected chi connectivity index (χ2v) is 4.18. The van der Waals surface area contributed by atoms with Gasteiger partial charge in [-0.25, -0.2) is 0 Å². The summed E-state index contributed by atoms with van der Waals surface area (Å²) in [7, 11) is 0. The first-order valence-corrected chi connectivity index (χ1v) is 5.84. The number of rotatable bonds is 2. The fraction of sp³-hybridized carbons (Fsp3) is 0.556. The number of aliphatic imine (C=N–C) groups is 1. The molecule has 0 bridgehead atoms. The van der Waals surface area contributed by atoms with Crippen molar-refractivity contribution in [2.24, 2.45) is 4.99 Å². The molecule has 4 nitrogen and oxygen atoms in total. The second kappa shape index (κ2) is 4.50. The molecule has 2 rings (SSSR count). The quantitative estimate of drug-likeness (QED) is 0.809. The molecule has 1 aliphatic rings. The summed E-state index contributed by atoms with van der Waals surface area (Å²) < 4.78 is 1.90. The maximum absolute atomic E-state index is 4.39. The predicted molar refractivity (Wildman–Crippen MR) is 60.9 cm³/mol. The van der Waals surface area contributed by atoms with E-state index in [2.05, 4.69) is 22.3 Å².